The molecule has 3 nitrogen and oxygen atoms in total. The third-order valence-corrected chi connectivity index (χ3v) is 3.49. The average molecular weight is 315 g/mol. The summed E-state index contributed by atoms with van der Waals surface area (Å²) in [5.74, 6) is 1.05. The van der Waals surface area contributed by atoms with E-state index in [0.717, 1.165) is 21.2 Å². The maximum atomic E-state index is 5.74. The molecule has 1 heterocycles. The molecule has 0 amide bonds. The molecule has 0 atom stereocenters. The molecule has 0 N–H and O–H groups in total. The van der Waals surface area contributed by atoms with E-state index >= 15 is 0 Å². The number of nitrogens with zero attached hydrogens (tertiary/aromatic N) is 2. The van der Waals surface area contributed by atoms with Gasteiger partial charge in [0.25, 0.3) is 0 Å². The predicted octanol–water partition coefficient (Wildman–Crippen LogP) is 4.47. The fourth-order valence-corrected chi connectivity index (χ4v) is 2.32. The van der Waals surface area contributed by atoms with Crippen molar-refractivity contribution >= 4 is 15.9 Å². The minimum absolute atomic E-state index is 0.518. The Kier molecular flexibility index (Phi) is 3.17. The molecule has 0 aliphatic heterocycles. The van der Waals surface area contributed by atoms with Crippen molar-refractivity contribution in [1.29, 1.82) is 0 Å². The molecule has 0 saturated heterocycles. The molecule has 0 spiro atoms. The number of halogens is 1. The van der Waals surface area contributed by atoms with E-state index in [0.29, 0.717) is 11.8 Å². The van der Waals surface area contributed by atoms with Gasteiger partial charge in [0.2, 0.25) is 11.8 Å². The first-order valence-corrected chi connectivity index (χ1v) is 6.69. The van der Waals surface area contributed by atoms with Gasteiger partial charge in [-0.3, -0.25) is 0 Å². The monoisotopic (exact) mass is 314 g/mol. The van der Waals surface area contributed by atoms with Crippen LogP contribution in [0.3, 0.4) is 0 Å². The van der Waals surface area contributed by atoms with Gasteiger partial charge in [0.1, 0.15) is 0 Å². The zero-order valence-corrected chi connectivity index (χ0v) is 11.9. The minimum Gasteiger partial charge on any atom is -0.416 e. The number of aromatic nitrogens is 2. The summed E-state index contributed by atoms with van der Waals surface area (Å²) in [5.41, 5.74) is 3.00. The van der Waals surface area contributed by atoms with Crippen molar-refractivity contribution in [3.63, 3.8) is 0 Å². The van der Waals surface area contributed by atoms with Crippen molar-refractivity contribution in [3.8, 4) is 22.9 Å². The zero-order valence-electron chi connectivity index (χ0n) is 10.3. The van der Waals surface area contributed by atoms with Gasteiger partial charge in [0.05, 0.1) is 5.56 Å². The van der Waals surface area contributed by atoms with Gasteiger partial charge >= 0.3 is 0 Å². The van der Waals surface area contributed by atoms with E-state index in [1.165, 1.54) is 0 Å². The number of hydrogen-bond donors (Lipinski definition) is 0. The first kappa shape index (κ1) is 12.1. The van der Waals surface area contributed by atoms with Crippen molar-refractivity contribution in [2.24, 2.45) is 0 Å². The summed E-state index contributed by atoms with van der Waals surface area (Å²) in [6.45, 7) is 2.04. The highest BCUT2D eigenvalue weighted by atomic mass is 79.9. The summed E-state index contributed by atoms with van der Waals surface area (Å²) in [6.07, 6.45) is 0. The maximum absolute atomic E-state index is 5.74. The summed E-state index contributed by atoms with van der Waals surface area (Å²) in [6, 6.07) is 15.8. The van der Waals surface area contributed by atoms with Crippen LogP contribution in [0.1, 0.15) is 5.56 Å². The lowest BCUT2D eigenvalue weighted by Crippen LogP contribution is -1.79. The number of aryl methyl sites for hydroxylation is 1. The molecular formula is C15H11BrN2O. The lowest BCUT2D eigenvalue weighted by Gasteiger charge is -1.98. The molecule has 0 unspecified atom stereocenters. The van der Waals surface area contributed by atoms with E-state index in [4.69, 9.17) is 4.42 Å². The number of benzene rings is 2. The smallest absolute Gasteiger partial charge is 0.249 e. The third kappa shape index (κ3) is 2.44. The van der Waals surface area contributed by atoms with Crippen LogP contribution in [0.4, 0.5) is 0 Å². The van der Waals surface area contributed by atoms with Crippen LogP contribution < -0.4 is 0 Å². The second kappa shape index (κ2) is 4.97. The molecule has 1 aromatic heterocycles. The Morgan fingerprint density at radius 3 is 2.53 bits per heavy atom. The lowest BCUT2D eigenvalue weighted by molar-refractivity contribution is 0.584. The number of hydrogen-bond acceptors (Lipinski definition) is 3. The summed E-state index contributed by atoms with van der Waals surface area (Å²) in [4.78, 5) is 0. The highest BCUT2D eigenvalue weighted by Gasteiger charge is 2.12. The van der Waals surface area contributed by atoms with Crippen molar-refractivity contribution < 1.29 is 4.42 Å². The van der Waals surface area contributed by atoms with Crippen molar-refractivity contribution in [3.05, 3.63) is 58.6 Å². The van der Waals surface area contributed by atoms with E-state index < -0.39 is 0 Å². The minimum atomic E-state index is 0.518. The van der Waals surface area contributed by atoms with Gasteiger partial charge in [-0.05, 0) is 47.1 Å². The van der Waals surface area contributed by atoms with Gasteiger partial charge in [0.15, 0.2) is 0 Å². The fraction of sp³-hybridized carbons (Fsp3) is 0.0667. The molecule has 4 heteroatoms. The summed E-state index contributed by atoms with van der Waals surface area (Å²) >= 11 is 3.48. The first-order valence-electron chi connectivity index (χ1n) is 5.89. The van der Waals surface area contributed by atoms with Gasteiger partial charge < -0.3 is 4.42 Å². The van der Waals surface area contributed by atoms with Gasteiger partial charge in [-0.1, -0.05) is 29.8 Å². The van der Waals surface area contributed by atoms with E-state index in [1.807, 2.05) is 55.5 Å². The van der Waals surface area contributed by atoms with Crippen LogP contribution in [0.2, 0.25) is 0 Å². The van der Waals surface area contributed by atoms with E-state index in [-0.39, 0.29) is 0 Å². The van der Waals surface area contributed by atoms with Crippen molar-refractivity contribution in [1.82, 2.24) is 10.2 Å². The van der Waals surface area contributed by atoms with Crippen LogP contribution >= 0.6 is 15.9 Å². The Morgan fingerprint density at radius 1 is 0.947 bits per heavy atom. The normalized spacial score (nSPS) is 10.6. The van der Waals surface area contributed by atoms with Crippen LogP contribution in [-0.2, 0) is 0 Å². The molecule has 0 saturated carbocycles. The van der Waals surface area contributed by atoms with E-state index in [1.54, 1.807) is 0 Å². The van der Waals surface area contributed by atoms with Gasteiger partial charge in [-0.15, -0.1) is 10.2 Å². The van der Waals surface area contributed by atoms with Crippen molar-refractivity contribution in [2.75, 3.05) is 0 Å². The Hall–Kier alpha value is -1.94. The highest BCUT2D eigenvalue weighted by Crippen LogP contribution is 2.29. The Labute approximate surface area is 119 Å². The van der Waals surface area contributed by atoms with Crippen LogP contribution in [-0.4, -0.2) is 10.2 Å². The Balaban J connectivity index is 2.03. The third-order valence-electron chi connectivity index (χ3n) is 2.79. The molecule has 0 bridgehead atoms. The molecular weight excluding hydrogens is 304 g/mol. The summed E-state index contributed by atoms with van der Waals surface area (Å²) in [5, 5.41) is 8.21. The molecule has 0 aliphatic carbocycles. The maximum Gasteiger partial charge on any atom is 0.249 e. The van der Waals surface area contributed by atoms with E-state index in [9.17, 15) is 0 Å². The van der Waals surface area contributed by atoms with Gasteiger partial charge in [-0.2, -0.15) is 0 Å². The quantitative estimate of drug-likeness (QED) is 0.700. The highest BCUT2D eigenvalue weighted by molar-refractivity contribution is 9.10. The zero-order chi connectivity index (χ0) is 13.2. The Bertz CT molecular complexity index is 721. The molecule has 19 heavy (non-hydrogen) atoms. The van der Waals surface area contributed by atoms with Gasteiger partial charge in [-0.25, -0.2) is 0 Å². The topological polar surface area (TPSA) is 38.9 Å². The second-order valence-corrected chi connectivity index (χ2v) is 5.12. The number of rotatable bonds is 2. The van der Waals surface area contributed by atoms with E-state index in [2.05, 4.69) is 26.1 Å². The molecule has 94 valence electrons. The average Bonchev–Trinajstić information content (AvgIpc) is 2.89. The molecule has 0 radical (unpaired) electrons. The van der Waals surface area contributed by atoms with Gasteiger partial charge in [0, 0.05) is 10.0 Å². The largest absolute Gasteiger partial charge is 0.416 e. The molecule has 3 rings (SSSR count). The summed E-state index contributed by atoms with van der Waals surface area (Å²) < 4.78 is 6.68. The summed E-state index contributed by atoms with van der Waals surface area (Å²) in [7, 11) is 0. The van der Waals surface area contributed by atoms with Crippen LogP contribution in [0.25, 0.3) is 22.9 Å². The lowest BCUT2D eigenvalue weighted by atomic mass is 10.1. The molecule has 0 aliphatic rings. The van der Waals surface area contributed by atoms with Crippen LogP contribution in [0, 0.1) is 6.92 Å². The van der Waals surface area contributed by atoms with Crippen molar-refractivity contribution in [2.45, 2.75) is 6.92 Å². The van der Waals surface area contributed by atoms with Crippen LogP contribution in [0.5, 0.6) is 0 Å². The molecule has 0 fully saturated rings. The fourth-order valence-electron chi connectivity index (χ4n) is 1.86. The molecule has 2 aromatic carbocycles. The molecule has 3 aromatic rings. The predicted molar refractivity (Wildman–Crippen MR) is 77.6 cm³/mol. The van der Waals surface area contributed by atoms with Crippen LogP contribution in [0.15, 0.2) is 57.4 Å². The standard InChI is InChI=1S/C15H11BrN2O/c1-10-5-4-6-11(9-10)14-17-18-15(19-14)12-7-2-3-8-13(12)16/h2-9H,1H3. The first-order chi connectivity index (χ1) is 9.24. The second-order valence-electron chi connectivity index (χ2n) is 4.26. The SMILES string of the molecule is Cc1cccc(-c2nnc(-c3ccccc3Br)o2)c1. The Morgan fingerprint density at radius 2 is 1.74 bits per heavy atom.